The normalized spacial score (nSPS) is 11.5. The number of aldehydes is 1. The molecular formula is C8H4F3N5O. The van der Waals surface area contributed by atoms with Gasteiger partial charge in [0, 0.05) is 0 Å². The van der Waals surface area contributed by atoms with Gasteiger partial charge in [0.2, 0.25) is 0 Å². The number of hydrogen-bond donors (Lipinski definition) is 0. The van der Waals surface area contributed by atoms with Crippen molar-refractivity contribution in [2.24, 2.45) is 0 Å². The Kier molecular flexibility index (Phi) is 2.58. The lowest BCUT2D eigenvalue weighted by atomic mass is 10.3. The molecule has 6 nitrogen and oxygen atoms in total. The fourth-order valence-corrected chi connectivity index (χ4v) is 1.13. The first-order valence-electron chi connectivity index (χ1n) is 4.29. The quantitative estimate of drug-likeness (QED) is 0.732. The molecule has 0 atom stereocenters. The summed E-state index contributed by atoms with van der Waals surface area (Å²) < 4.78 is 37.9. The second-order valence-electron chi connectivity index (χ2n) is 2.97. The molecule has 2 aromatic rings. The molecule has 0 saturated carbocycles. The Bertz CT molecular complexity index is 533. The Hall–Kier alpha value is -2.32. The molecule has 88 valence electrons. The van der Waals surface area contributed by atoms with Gasteiger partial charge in [0.1, 0.15) is 5.69 Å². The fourth-order valence-electron chi connectivity index (χ4n) is 1.13. The Morgan fingerprint density at radius 1 is 1.29 bits per heavy atom. The van der Waals surface area contributed by atoms with E-state index in [2.05, 4.69) is 20.5 Å². The highest BCUT2D eigenvalue weighted by atomic mass is 19.4. The fraction of sp³-hybridized carbons (Fsp3) is 0.125. The van der Waals surface area contributed by atoms with Crippen LogP contribution in [0.25, 0.3) is 5.69 Å². The third-order valence-corrected chi connectivity index (χ3v) is 1.86. The van der Waals surface area contributed by atoms with E-state index in [-0.39, 0.29) is 11.4 Å². The highest BCUT2D eigenvalue weighted by Crippen LogP contribution is 2.27. The summed E-state index contributed by atoms with van der Waals surface area (Å²) in [5, 5.41) is 9.05. The molecule has 9 heteroatoms. The number of carbonyl (C=O) groups is 1. The summed E-state index contributed by atoms with van der Waals surface area (Å²) in [6.07, 6.45) is -3.10. The molecule has 2 aromatic heterocycles. The number of aromatic nitrogens is 5. The third kappa shape index (κ3) is 2.12. The van der Waals surface area contributed by atoms with E-state index in [9.17, 15) is 18.0 Å². The van der Waals surface area contributed by atoms with E-state index in [1.807, 2.05) is 0 Å². The van der Waals surface area contributed by atoms with Gasteiger partial charge in [0.05, 0.1) is 11.9 Å². The molecule has 0 N–H and O–H groups in total. The van der Waals surface area contributed by atoms with Gasteiger partial charge in [-0.15, -0.1) is 5.10 Å². The average molecular weight is 243 g/mol. The lowest BCUT2D eigenvalue weighted by molar-refractivity contribution is -0.146. The van der Waals surface area contributed by atoms with Crippen molar-refractivity contribution in [2.45, 2.75) is 6.18 Å². The Morgan fingerprint density at radius 2 is 2.06 bits per heavy atom. The summed E-state index contributed by atoms with van der Waals surface area (Å²) >= 11 is 0. The van der Waals surface area contributed by atoms with Gasteiger partial charge in [-0.2, -0.15) is 17.9 Å². The summed E-state index contributed by atoms with van der Waals surface area (Å²) in [5.41, 5.74) is 0.128. The summed E-state index contributed by atoms with van der Waals surface area (Å²) in [7, 11) is 0. The van der Waals surface area contributed by atoms with Crippen molar-refractivity contribution >= 4 is 6.29 Å². The largest absolute Gasteiger partial charge is 0.453 e. The van der Waals surface area contributed by atoms with E-state index < -0.39 is 12.0 Å². The number of alkyl halides is 3. The molecule has 0 aliphatic heterocycles. The maximum absolute atomic E-state index is 12.5. The van der Waals surface area contributed by atoms with Crippen LogP contribution in [0, 0.1) is 0 Å². The number of tetrazole rings is 1. The zero-order chi connectivity index (χ0) is 12.5. The van der Waals surface area contributed by atoms with Crippen molar-refractivity contribution in [3.05, 3.63) is 29.8 Å². The van der Waals surface area contributed by atoms with Crippen LogP contribution in [-0.2, 0) is 6.18 Å². The van der Waals surface area contributed by atoms with Gasteiger partial charge in [-0.25, -0.2) is 0 Å². The summed E-state index contributed by atoms with van der Waals surface area (Å²) in [6, 6.07) is 2.53. The van der Waals surface area contributed by atoms with E-state index in [1.54, 1.807) is 0 Å². The first kappa shape index (κ1) is 11.2. The summed E-state index contributed by atoms with van der Waals surface area (Å²) in [5.74, 6) is -1.25. The minimum Gasteiger partial charge on any atom is -0.296 e. The van der Waals surface area contributed by atoms with E-state index in [1.165, 1.54) is 12.1 Å². The van der Waals surface area contributed by atoms with Gasteiger partial charge in [-0.3, -0.25) is 9.78 Å². The van der Waals surface area contributed by atoms with Gasteiger partial charge in [-0.05, 0) is 22.6 Å². The maximum atomic E-state index is 12.5. The molecule has 0 aromatic carbocycles. The lowest BCUT2D eigenvalue weighted by Crippen LogP contribution is -2.14. The van der Waals surface area contributed by atoms with E-state index >= 15 is 0 Å². The van der Waals surface area contributed by atoms with Crippen molar-refractivity contribution in [2.75, 3.05) is 0 Å². The van der Waals surface area contributed by atoms with Gasteiger partial charge >= 0.3 is 6.18 Å². The number of carbonyl (C=O) groups excluding carboxylic acids is 1. The second kappa shape index (κ2) is 3.92. The molecule has 0 fully saturated rings. The summed E-state index contributed by atoms with van der Waals surface area (Å²) in [6.45, 7) is 0. The zero-order valence-corrected chi connectivity index (χ0v) is 8.09. The molecular weight excluding hydrogens is 239 g/mol. The molecule has 0 aliphatic carbocycles. The van der Waals surface area contributed by atoms with Crippen molar-refractivity contribution < 1.29 is 18.0 Å². The van der Waals surface area contributed by atoms with Crippen LogP contribution in [0.1, 0.15) is 16.3 Å². The average Bonchev–Trinajstić information content (AvgIpc) is 2.78. The molecule has 0 saturated heterocycles. The SMILES string of the molecule is O=Cc1ccc(-n2nnnc2C(F)(F)F)cn1. The second-order valence-corrected chi connectivity index (χ2v) is 2.97. The van der Waals surface area contributed by atoms with Crippen molar-refractivity contribution in [1.82, 2.24) is 25.2 Å². The topological polar surface area (TPSA) is 73.6 Å². The highest BCUT2D eigenvalue weighted by Gasteiger charge is 2.38. The van der Waals surface area contributed by atoms with Crippen LogP contribution in [0.3, 0.4) is 0 Å². The van der Waals surface area contributed by atoms with Gasteiger partial charge in [0.25, 0.3) is 5.82 Å². The van der Waals surface area contributed by atoms with Crippen LogP contribution in [-0.4, -0.2) is 31.5 Å². The number of nitrogens with zero attached hydrogens (tertiary/aromatic N) is 5. The molecule has 2 rings (SSSR count). The van der Waals surface area contributed by atoms with Gasteiger partial charge in [-0.1, -0.05) is 0 Å². The van der Waals surface area contributed by atoms with Crippen LogP contribution < -0.4 is 0 Å². The van der Waals surface area contributed by atoms with Crippen LogP contribution in [0.4, 0.5) is 13.2 Å². The Morgan fingerprint density at radius 3 is 2.59 bits per heavy atom. The van der Waals surface area contributed by atoms with Crippen LogP contribution >= 0.6 is 0 Å². The van der Waals surface area contributed by atoms with Crippen molar-refractivity contribution in [3.63, 3.8) is 0 Å². The Labute approximate surface area is 92.1 Å². The smallest absolute Gasteiger partial charge is 0.296 e. The number of halogens is 3. The van der Waals surface area contributed by atoms with Gasteiger partial charge < -0.3 is 0 Å². The zero-order valence-electron chi connectivity index (χ0n) is 8.09. The third-order valence-electron chi connectivity index (χ3n) is 1.86. The molecule has 2 heterocycles. The minimum absolute atomic E-state index is 0.0212. The monoisotopic (exact) mass is 243 g/mol. The predicted molar refractivity (Wildman–Crippen MR) is 47.3 cm³/mol. The molecule has 0 bridgehead atoms. The predicted octanol–water partition coefficient (Wildman–Crippen LogP) is 0.889. The van der Waals surface area contributed by atoms with Crippen LogP contribution in [0.2, 0.25) is 0 Å². The Balaban J connectivity index is 2.46. The maximum Gasteiger partial charge on any atom is 0.453 e. The standard InChI is InChI=1S/C8H4F3N5O/c9-8(10,11)7-13-14-15-16(7)6-2-1-5(4-17)12-3-6/h1-4H. The number of pyridine rings is 1. The molecule has 0 radical (unpaired) electrons. The van der Waals surface area contributed by atoms with E-state index in [4.69, 9.17) is 0 Å². The minimum atomic E-state index is -4.66. The van der Waals surface area contributed by atoms with Crippen LogP contribution in [0.5, 0.6) is 0 Å². The van der Waals surface area contributed by atoms with Gasteiger partial charge in [0.15, 0.2) is 6.29 Å². The molecule has 0 aliphatic rings. The molecule has 17 heavy (non-hydrogen) atoms. The number of hydrogen-bond acceptors (Lipinski definition) is 5. The first-order valence-corrected chi connectivity index (χ1v) is 4.29. The first-order chi connectivity index (χ1) is 8.02. The number of rotatable bonds is 2. The van der Waals surface area contributed by atoms with E-state index in [0.29, 0.717) is 11.0 Å². The van der Waals surface area contributed by atoms with Crippen molar-refractivity contribution in [1.29, 1.82) is 0 Å². The molecule has 0 unspecified atom stereocenters. The van der Waals surface area contributed by atoms with Crippen molar-refractivity contribution in [3.8, 4) is 5.69 Å². The van der Waals surface area contributed by atoms with E-state index in [0.717, 1.165) is 6.20 Å². The highest BCUT2D eigenvalue weighted by molar-refractivity contribution is 5.71. The lowest BCUT2D eigenvalue weighted by Gasteiger charge is -2.06. The van der Waals surface area contributed by atoms with Crippen LogP contribution in [0.15, 0.2) is 18.3 Å². The molecule has 0 amide bonds. The summed E-state index contributed by atoms with van der Waals surface area (Å²) in [4.78, 5) is 14.0. The molecule has 0 spiro atoms.